The van der Waals surface area contributed by atoms with E-state index in [9.17, 15) is 14.4 Å². The molecule has 0 saturated carbocycles. The number of aromatic amines is 1. The fraction of sp³-hybridized carbons (Fsp3) is 0.333. The number of aromatic carboxylic acids is 1. The zero-order valence-corrected chi connectivity index (χ0v) is 10.9. The molecular weight excluding hydrogens is 264 g/mol. The van der Waals surface area contributed by atoms with Crippen molar-refractivity contribution in [2.75, 3.05) is 0 Å². The van der Waals surface area contributed by atoms with Crippen molar-refractivity contribution >= 4 is 17.5 Å². The lowest BCUT2D eigenvalue weighted by Crippen LogP contribution is -2.31. The van der Waals surface area contributed by atoms with Crippen LogP contribution in [0.5, 0.6) is 0 Å². The Morgan fingerprint density at radius 1 is 1.45 bits per heavy atom. The minimum atomic E-state index is -1.19. The summed E-state index contributed by atoms with van der Waals surface area (Å²) in [6, 6.07) is 1.20. The van der Waals surface area contributed by atoms with Crippen LogP contribution in [0.3, 0.4) is 0 Å². The second-order valence-corrected chi connectivity index (χ2v) is 4.94. The molecule has 0 fully saturated rings. The molecule has 8 nitrogen and oxygen atoms in total. The standard InChI is InChI=1S/C12H12N4O4/c1-5(2)15-4-6-9(11(15)18)13-8-3-7(12(19)20)14-16(8)10(6)17/h3,5,14H,4H2,1-2H3,(H,19,20). The van der Waals surface area contributed by atoms with Crippen LogP contribution < -0.4 is 5.56 Å². The molecule has 0 unspecified atom stereocenters. The number of nitrogens with one attached hydrogen (secondary N) is 1. The Balaban J connectivity index is 2.24. The maximum absolute atomic E-state index is 12.3. The van der Waals surface area contributed by atoms with Crippen LogP contribution in [-0.2, 0) is 6.54 Å². The van der Waals surface area contributed by atoms with E-state index < -0.39 is 11.5 Å². The van der Waals surface area contributed by atoms with Crippen LogP contribution in [0.2, 0.25) is 0 Å². The van der Waals surface area contributed by atoms with Crippen molar-refractivity contribution in [3.8, 4) is 0 Å². The molecule has 0 spiro atoms. The number of rotatable bonds is 2. The van der Waals surface area contributed by atoms with Gasteiger partial charge in [0.1, 0.15) is 11.4 Å². The van der Waals surface area contributed by atoms with Gasteiger partial charge in [0, 0.05) is 12.1 Å². The van der Waals surface area contributed by atoms with E-state index in [0.717, 1.165) is 4.52 Å². The van der Waals surface area contributed by atoms with Crippen LogP contribution in [-0.4, -0.2) is 42.5 Å². The van der Waals surface area contributed by atoms with Gasteiger partial charge in [0.25, 0.3) is 11.5 Å². The number of nitrogens with zero attached hydrogens (tertiary/aromatic N) is 3. The van der Waals surface area contributed by atoms with Crippen molar-refractivity contribution < 1.29 is 14.7 Å². The summed E-state index contributed by atoms with van der Waals surface area (Å²) in [7, 11) is 0. The van der Waals surface area contributed by atoms with E-state index in [-0.39, 0.29) is 35.5 Å². The highest BCUT2D eigenvalue weighted by Gasteiger charge is 2.34. The molecule has 104 valence electrons. The van der Waals surface area contributed by atoms with Gasteiger partial charge in [-0.15, -0.1) is 0 Å². The van der Waals surface area contributed by atoms with Gasteiger partial charge in [0.15, 0.2) is 5.65 Å². The highest BCUT2D eigenvalue weighted by atomic mass is 16.4. The Morgan fingerprint density at radius 2 is 2.15 bits per heavy atom. The molecule has 3 rings (SSSR count). The average molecular weight is 276 g/mol. The molecule has 1 aliphatic rings. The number of H-pyrrole nitrogens is 1. The maximum Gasteiger partial charge on any atom is 0.353 e. The number of amides is 1. The van der Waals surface area contributed by atoms with Crippen molar-refractivity contribution in [3.05, 3.63) is 33.4 Å². The average Bonchev–Trinajstić information content (AvgIpc) is 2.93. The van der Waals surface area contributed by atoms with Gasteiger partial charge in [0.2, 0.25) is 0 Å². The SMILES string of the molecule is CC(C)N1Cc2c(nc3cc(C(=O)O)[nH]n3c2=O)C1=O. The van der Waals surface area contributed by atoms with Crippen molar-refractivity contribution in [1.29, 1.82) is 0 Å². The summed E-state index contributed by atoms with van der Waals surface area (Å²) in [5, 5.41) is 11.4. The molecule has 0 aromatic carbocycles. The van der Waals surface area contributed by atoms with E-state index in [2.05, 4.69) is 10.1 Å². The second-order valence-electron chi connectivity index (χ2n) is 4.94. The maximum atomic E-state index is 12.3. The molecule has 2 aromatic rings. The molecule has 1 aliphatic heterocycles. The Bertz CT molecular complexity index is 802. The first-order chi connectivity index (χ1) is 9.40. The Labute approximate surface area is 112 Å². The zero-order chi connectivity index (χ0) is 14.6. The van der Waals surface area contributed by atoms with Gasteiger partial charge < -0.3 is 10.0 Å². The molecular formula is C12H12N4O4. The minimum Gasteiger partial charge on any atom is -0.477 e. The highest BCUT2D eigenvalue weighted by Crippen LogP contribution is 2.21. The third-order valence-corrected chi connectivity index (χ3v) is 3.35. The van der Waals surface area contributed by atoms with Gasteiger partial charge in [-0.3, -0.25) is 14.7 Å². The smallest absolute Gasteiger partial charge is 0.353 e. The fourth-order valence-corrected chi connectivity index (χ4v) is 2.28. The lowest BCUT2D eigenvalue weighted by atomic mass is 10.2. The van der Waals surface area contributed by atoms with Crippen LogP contribution in [0.1, 0.15) is 40.4 Å². The van der Waals surface area contributed by atoms with Crippen molar-refractivity contribution in [2.45, 2.75) is 26.4 Å². The summed E-state index contributed by atoms with van der Waals surface area (Å²) in [5.74, 6) is -1.49. The van der Waals surface area contributed by atoms with E-state index in [1.54, 1.807) is 4.90 Å². The number of carbonyl (C=O) groups excluding carboxylic acids is 1. The molecule has 0 atom stereocenters. The summed E-state index contributed by atoms with van der Waals surface area (Å²) in [5.41, 5.74) is -0.0508. The highest BCUT2D eigenvalue weighted by molar-refractivity contribution is 5.97. The second kappa shape index (κ2) is 3.92. The number of fused-ring (bicyclic) bond motifs is 2. The monoisotopic (exact) mass is 276 g/mol. The molecule has 0 aliphatic carbocycles. The first-order valence-corrected chi connectivity index (χ1v) is 6.09. The van der Waals surface area contributed by atoms with Crippen LogP contribution in [0.25, 0.3) is 5.65 Å². The molecule has 20 heavy (non-hydrogen) atoms. The largest absolute Gasteiger partial charge is 0.477 e. The van der Waals surface area contributed by atoms with Crippen molar-refractivity contribution in [2.24, 2.45) is 0 Å². The van der Waals surface area contributed by atoms with Crippen LogP contribution in [0, 0.1) is 0 Å². The summed E-state index contributed by atoms with van der Waals surface area (Å²) < 4.78 is 1.05. The summed E-state index contributed by atoms with van der Waals surface area (Å²) in [4.78, 5) is 41.0. The minimum absolute atomic E-state index is 0.0333. The normalized spacial score (nSPS) is 14.3. The van der Waals surface area contributed by atoms with Crippen LogP contribution in [0.15, 0.2) is 10.9 Å². The lowest BCUT2D eigenvalue weighted by molar-refractivity contribution is 0.0688. The topological polar surface area (TPSA) is 108 Å². The van der Waals surface area contributed by atoms with Crippen LogP contribution >= 0.6 is 0 Å². The molecule has 0 saturated heterocycles. The van der Waals surface area contributed by atoms with Gasteiger partial charge in [-0.05, 0) is 13.8 Å². The number of carboxylic acids is 1. The van der Waals surface area contributed by atoms with Crippen molar-refractivity contribution in [1.82, 2.24) is 19.5 Å². The fourth-order valence-electron chi connectivity index (χ4n) is 2.28. The van der Waals surface area contributed by atoms with Crippen LogP contribution in [0.4, 0.5) is 0 Å². The van der Waals surface area contributed by atoms with Gasteiger partial charge in [-0.1, -0.05) is 0 Å². The van der Waals surface area contributed by atoms with Gasteiger partial charge in [-0.2, -0.15) is 0 Å². The molecule has 8 heteroatoms. The first-order valence-electron chi connectivity index (χ1n) is 6.09. The molecule has 0 bridgehead atoms. The summed E-state index contributed by atoms with van der Waals surface area (Å²) >= 11 is 0. The number of carboxylic acid groups (broad SMARTS) is 1. The predicted molar refractivity (Wildman–Crippen MR) is 67.8 cm³/mol. The zero-order valence-electron chi connectivity index (χ0n) is 10.9. The summed E-state index contributed by atoms with van der Waals surface area (Å²) in [6.45, 7) is 3.91. The Hall–Kier alpha value is -2.64. The predicted octanol–water partition coefficient (Wildman–Crippen LogP) is 0.0850. The molecule has 2 aromatic heterocycles. The number of hydrogen-bond acceptors (Lipinski definition) is 4. The third kappa shape index (κ3) is 1.54. The Kier molecular flexibility index (Phi) is 2.43. The van der Waals surface area contributed by atoms with Gasteiger partial charge in [-0.25, -0.2) is 14.3 Å². The quantitative estimate of drug-likeness (QED) is 0.808. The van der Waals surface area contributed by atoms with E-state index >= 15 is 0 Å². The molecule has 0 radical (unpaired) electrons. The summed E-state index contributed by atoms with van der Waals surface area (Å²) in [6.07, 6.45) is 0. The number of carbonyl (C=O) groups is 2. The van der Waals surface area contributed by atoms with E-state index in [4.69, 9.17) is 5.11 Å². The lowest BCUT2D eigenvalue weighted by Gasteiger charge is -2.19. The molecule has 3 heterocycles. The number of hydrogen-bond donors (Lipinski definition) is 2. The third-order valence-electron chi connectivity index (χ3n) is 3.35. The van der Waals surface area contributed by atoms with Gasteiger partial charge in [0.05, 0.1) is 12.1 Å². The van der Waals surface area contributed by atoms with Crippen molar-refractivity contribution in [3.63, 3.8) is 0 Å². The molecule has 1 amide bonds. The number of aromatic nitrogens is 3. The van der Waals surface area contributed by atoms with E-state index in [0.29, 0.717) is 5.56 Å². The molecule has 2 N–H and O–H groups in total. The van der Waals surface area contributed by atoms with Gasteiger partial charge >= 0.3 is 5.97 Å². The Morgan fingerprint density at radius 3 is 2.75 bits per heavy atom. The van der Waals surface area contributed by atoms with E-state index in [1.807, 2.05) is 13.8 Å². The van der Waals surface area contributed by atoms with E-state index in [1.165, 1.54) is 6.07 Å². The first kappa shape index (κ1) is 12.4.